The van der Waals surface area contributed by atoms with E-state index in [0.717, 1.165) is 5.75 Å². The molecule has 0 amide bonds. The minimum absolute atomic E-state index is 0.203. The van der Waals surface area contributed by atoms with Gasteiger partial charge >= 0.3 is 20.5 Å². The van der Waals surface area contributed by atoms with Gasteiger partial charge in [-0.25, -0.2) is 4.79 Å². The largest absolute Gasteiger partial charge is 0.461 e. The molecule has 27 heavy (non-hydrogen) atoms. The molecule has 10 heteroatoms. The lowest BCUT2D eigenvalue weighted by Gasteiger charge is -2.14. The molecule has 1 aromatic carbocycles. The Hall–Kier alpha value is -0.830. The topological polar surface area (TPSA) is 80.3 Å². The Balaban J connectivity index is 2.18. The molecular formula is C17H25O7PS2. The van der Waals surface area contributed by atoms with Crippen LogP contribution in [-0.2, 0) is 23.1 Å². The van der Waals surface area contributed by atoms with E-state index in [2.05, 4.69) is 0 Å². The molecule has 0 heterocycles. The highest BCUT2D eigenvalue weighted by Crippen LogP contribution is 2.39. The molecule has 0 saturated carbocycles. The van der Waals surface area contributed by atoms with Gasteiger partial charge in [-0.1, -0.05) is 33.7 Å². The third kappa shape index (κ3) is 10.9. The van der Waals surface area contributed by atoms with Crippen molar-refractivity contribution in [2.45, 2.75) is 20.8 Å². The van der Waals surface area contributed by atoms with E-state index in [4.69, 9.17) is 23.0 Å². The SMILES string of the molecule is CCOP(OCC)OCCSSCCOC(=O)c1ccccc1OC(C)=O. The zero-order valence-corrected chi connectivity index (χ0v) is 18.2. The highest BCUT2D eigenvalue weighted by molar-refractivity contribution is 8.76. The van der Waals surface area contributed by atoms with Gasteiger partial charge in [-0.15, -0.1) is 0 Å². The van der Waals surface area contributed by atoms with Crippen LogP contribution in [0.2, 0.25) is 0 Å². The highest BCUT2D eigenvalue weighted by Gasteiger charge is 2.15. The van der Waals surface area contributed by atoms with E-state index >= 15 is 0 Å². The summed E-state index contributed by atoms with van der Waals surface area (Å²) < 4.78 is 26.5. The Labute approximate surface area is 169 Å². The molecule has 0 N–H and O–H groups in total. The summed E-state index contributed by atoms with van der Waals surface area (Å²) in [5.41, 5.74) is 0.235. The second-order valence-electron chi connectivity index (χ2n) is 4.76. The van der Waals surface area contributed by atoms with Crippen LogP contribution >= 0.6 is 30.2 Å². The van der Waals surface area contributed by atoms with Crippen LogP contribution in [0.15, 0.2) is 24.3 Å². The molecule has 0 aliphatic heterocycles. The van der Waals surface area contributed by atoms with Gasteiger partial charge in [-0.3, -0.25) is 4.79 Å². The molecule has 0 atom stereocenters. The molecular weight excluding hydrogens is 411 g/mol. The summed E-state index contributed by atoms with van der Waals surface area (Å²) in [5, 5.41) is 0. The predicted octanol–water partition coefficient (Wildman–Crippen LogP) is 4.47. The lowest BCUT2D eigenvalue weighted by molar-refractivity contribution is -0.131. The average Bonchev–Trinajstić information content (AvgIpc) is 2.64. The highest BCUT2D eigenvalue weighted by atomic mass is 33.1. The first-order valence-electron chi connectivity index (χ1n) is 8.46. The summed E-state index contributed by atoms with van der Waals surface area (Å²) in [5.74, 6) is 0.612. The fraction of sp³-hybridized carbons (Fsp3) is 0.529. The molecule has 0 fully saturated rings. The second kappa shape index (κ2) is 15.1. The van der Waals surface area contributed by atoms with Gasteiger partial charge in [-0.05, 0) is 26.0 Å². The summed E-state index contributed by atoms with van der Waals surface area (Å²) in [6.07, 6.45) is 0. The van der Waals surface area contributed by atoms with Gasteiger partial charge in [0.2, 0.25) is 0 Å². The van der Waals surface area contributed by atoms with Crippen molar-refractivity contribution in [1.82, 2.24) is 0 Å². The van der Waals surface area contributed by atoms with Crippen LogP contribution in [0.1, 0.15) is 31.1 Å². The Morgan fingerprint density at radius 1 is 0.963 bits per heavy atom. The predicted molar refractivity (Wildman–Crippen MR) is 109 cm³/mol. The summed E-state index contributed by atoms with van der Waals surface area (Å²) in [7, 11) is 1.94. The van der Waals surface area contributed by atoms with E-state index in [1.54, 1.807) is 45.9 Å². The number of hydrogen-bond acceptors (Lipinski definition) is 9. The first kappa shape index (κ1) is 24.2. The summed E-state index contributed by atoms with van der Waals surface area (Å²) in [6.45, 7) is 6.97. The maximum atomic E-state index is 12.1. The Morgan fingerprint density at radius 3 is 2.22 bits per heavy atom. The second-order valence-corrected chi connectivity index (χ2v) is 8.69. The molecule has 0 aliphatic rings. The van der Waals surface area contributed by atoms with E-state index in [9.17, 15) is 9.59 Å². The van der Waals surface area contributed by atoms with E-state index < -0.39 is 20.5 Å². The fourth-order valence-electron chi connectivity index (χ4n) is 1.71. The number of carbonyl (C=O) groups is 2. The molecule has 1 rings (SSSR count). The minimum atomic E-state index is -1.26. The van der Waals surface area contributed by atoms with Gasteiger partial charge in [0.25, 0.3) is 0 Å². The fourth-order valence-corrected chi connectivity index (χ4v) is 4.37. The Kier molecular flexibility index (Phi) is 13.6. The lowest BCUT2D eigenvalue weighted by atomic mass is 10.2. The normalized spacial score (nSPS) is 10.8. The summed E-state index contributed by atoms with van der Waals surface area (Å²) >= 11 is 0. The lowest BCUT2D eigenvalue weighted by Crippen LogP contribution is -2.11. The van der Waals surface area contributed by atoms with E-state index in [1.165, 1.54) is 6.92 Å². The van der Waals surface area contributed by atoms with Gasteiger partial charge in [0.1, 0.15) is 17.9 Å². The molecule has 0 saturated heterocycles. The van der Waals surface area contributed by atoms with Gasteiger partial charge in [0.15, 0.2) is 0 Å². The van der Waals surface area contributed by atoms with Gasteiger partial charge < -0.3 is 23.0 Å². The van der Waals surface area contributed by atoms with Gasteiger partial charge in [0, 0.05) is 18.4 Å². The van der Waals surface area contributed by atoms with Crippen molar-refractivity contribution in [2.75, 3.05) is 37.9 Å². The van der Waals surface area contributed by atoms with E-state index in [0.29, 0.717) is 25.6 Å². The number of ether oxygens (including phenoxy) is 2. The van der Waals surface area contributed by atoms with Crippen molar-refractivity contribution in [2.24, 2.45) is 0 Å². The first-order valence-corrected chi connectivity index (χ1v) is 12.0. The van der Waals surface area contributed by atoms with E-state index in [-0.39, 0.29) is 17.9 Å². The maximum Gasteiger partial charge on any atom is 0.341 e. The van der Waals surface area contributed by atoms with Crippen LogP contribution < -0.4 is 4.74 Å². The van der Waals surface area contributed by atoms with Gasteiger partial charge in [-0.2, -0.15) is 0 Å². The van der Waals surface area contributed by atoms with Crippen LogP contribution in [0.3, 0.4) is 0 Å². The molecule has 0 aliphatic carbocycles. The summed E-state index contributed by atoms with van der Waals surface area (Å²) in [4.78, 5) is 23.2. The Bertz CT molecular complexity index is 568. The molecule has 0 aromatic heterocycles. The van der Waals surface area contributed by atoms with Crippen molar-refractivity contribution in [3.8, 4) is 5.75 Å². The molecule has 152 valence electrons. The number of esters is 2. The van der Waals surface area contributed by atoms with E-state index in [1.807, 2.05) is 13.8 Å². The number of para-hydroxylation sites is 1. The van der Waals surface area contributed by atoms with Crippen LogP contribution in [-0.4, -0.2) is 49.9 Å². The van der Waals surface area contributed by atoms with Gasteiger partial charge in [0.05, 0.1) is 19.8 Å². The number of carbonyl (C=O) groups excluding carboxylic acids is 2. The van der Waals surface area contributed by atoms with Crippen LogP contribution in [0, 0.1) is 0 Å². The zero-order valence-electron chi connectivity index (χ0n) is 15.7. The molecule has 0 unspecified atom stereocenters. The van der Waals surface area contributed by atoms with Crippen molar-refractivity contribution < 1.29 is 32.6 Å². The molecule has 0 radical (unpaired) electrons. The quantitative estimate of drug-likeness (QED) is 0.138. The minimum Gasteiger partial charge on any atom is -0.461 e. The smallest absolute Gasteiger partial charge is 0.341 e. The zero-order chi connectivity index (χ0) is 19.9. The number of benzene rings is 1. The average molecular weight is 436 g/mol. The maximum absolute atomic E-state index is 12.1. The van der Waals surface area contributed by atoms with Crippen molar-refractivity contribution >= 4 is 42.1 Å². The summed E-state index contributed by atoms with van der Waals surface area (Å²) in [6, 6.07) is 6.50. The third-order valence-electron chi connectivity index (χ3n) is 2.68. The van der Waals surface area contributed by atoms with Crippen LogP contribution in [0.25, 0.3) is 0 Å². The third-order valence-corrected chi connectivity index (χ3v) is 6.34. The monoisotopic (exact) mass is 436 g/mol. The first-order chi connectivity index (χ1) is 13.1. The van der Waals surface area contributed by atoms with Crippen molar-refractivity contribution in [3.05, 3.63) is 29.8 Å². The number of hydrogen-bond donors (Lipinski definition) is 0. The number of rotatable bonds is 14. The molecule has 1 aromatic rings. The standard InChI is InChI=1S/C17H25O7PS2/c1-4-21-25(22-5-2)23-11-13-27-26-12-10-20-17(19)15-8-6-7-9-16(15)24-14(3)18/h6-9H,4-5,10-13H2,1-3H3. The van der Waals surface area contributed by atoms with Crippen LogP contribution in [0.4, 0.5) is 0 Å². The molecule has 0 bridgehead atoms. The van der Waals surface area contributed by atoms with Crippen LogP contribution in [0.5, 0.6) is 5.75 Å². The van der Waals surface area contributed by atoms with Crippen molar-refractivity contribution in [1.29, 1.82) is 0 Å². The molecule has 0 spiro atoms. The van der Waals surface area contributed by atoms with Crippen molar-refractivity contribution in [3.63, 3.8) is 0 Å². The molecule has 7 nitrogen and oxygen atoms in total. The Morgan fingerprint density at radius 2 is 1.59 bits per heavy atom.